The van der Waals surface area contributed by atoms with Gasteiger partial charge in [0.05, 0.1) is 47.8 Å². The van der Waals surface area contributed by atoms with Gasteiger partial charge in [-0.2, -0.15) is 9.78 Å². The summed E-state index contributed by atoms with van der Waals surface area (Å²) in [6, 6.07) is 8.85. The third-order valence-corrected chi connectivity index (χ3v) is 4.42. The maximum absolute atomic E-state index is 12.4. The second-order valence-corrected chi connectivity index (χ2v) is 6.97. The molecule has 1 atom stereocenters. The molecule has 0 bridgehead atoms. The summed E-state index contributed by atoms with van der Waals surface area (Å²) < 4.78 is 3.16. The van der Waals surface area contributed by atoms with Gasteiger partial charge in [0.25, 0.3) is 0 Å². The summed E-state index contributed by atoms with van der Waals surface area (Å²) >= 11 is 5.99. The highest BCUT2D eigenvalue weighted by Gasteiger charge is 2.21. The van der Waals surface area contributed by atoms with Crippen LogP contribution in [0.2, 0.25) is 5.02 Å². The number of nitrogens with zero attached hydrogens (tertiary/aromatic N) is 5. The van der Waals surface area contributed by atoms with Crippen LogP contribution in [0.4, 0.5) is 11.5 Å². The number of nitrogens with one attached hydrogen (secondary N) is 1. The van der Waals surface area contributed by atoms with Crippen molar-refractivity contribution in [1.82, 2.24) is 19.6 Å². The van der Waals surface area contributed by atoms with Gasteiger partial charge in [0.1, 0.15) is 0 Å². The minimum absolute atomic E-state index is 0.222. The van der Waals surface area contributed by atoms with E-state index in [0.29, 0.717) is 22.9 Å². The summed E-state index contributed by atoms with van der Waals surface area (Å²) in [6.07, 6.45) is 3.30. The van der Waals surface area contributed by atoms with Gasteiger partial charge in [-0.3, -0.25) is 9.48 Å². The lowest BCUT2D eigenvalue weighted by Crippen LogP contribution is -2.25. The number of halogens is 1. The van der Waals surface area contributed by atoms with Crippen molar-refractivity contribution in [2.24, 2.45) is 5.92 Å². The van der Waals surface area contributed by atoms with Gasteiger partial charge in [-0.05, 0) is 29.5 Å². The molecule has 10 heteroatoms. The van der Waals surface area contributed by atoms with Crippen LogP contribution >= 0.6 is 11.6 Å². The minimum Gasteiger partial charge on any atom is -0.358 e. The Hall–Kier alpha value is -3.20. The van der Waals surface area contributed by atoms with Crippen LogP contribution in [0, 0.1) is 23.0 Å². The first-order chi connectivity index (χ1) is 13.3. The normalized spacial score (nSPS) is 12.0. The van der Waals surface area contributed by atoms with E-state index in [9.17, 15) is 14.9 Å². The summed E-state index contributed by atoms with van der Waals surface area (Å²) in [7, 11) is 0. The Morgan fingerprint density at radius 1 is 1.39 bits per heavy atom. The van der Waals surface area contributed by atoms with Crippen molar-refractivity contribution in [3.05, 3.63) is 69.1 Å². The Labute approximate surface area is 166 Å². The molecular formula is C18H19ClN6O3. The van der Waals surface area contributed by atoms with Crippen LogP contribution in [-0.2, 0) is 17.9 Å². The average molecular weight is 403 g/mol. The number of rotatable bonds is 7. The number of aromatic nitrogens is 4. The summed E-state index contributed by atoms with van der Waals surface area (Å²) in [5, 5.41) is 22.4. The van der Waals surface area contributed by atoms with Crippen molar-refractivity contribution >= 4 is 29.0 Å². The first-order valence-electron chi connectivity index (χ1n) is 8.58. The maximum atomic E-state index is 12.4. The number of aryl methyl sites for hydroxylation is 1. The number of carbonyl (C=O) groups excluding carboxylic acids is 1. The van der Waals surface area contributed by atoms with E-state index in [-0.39, 0.29) is 18.3 Å². The molecule has 28 heavy (non-hydrogen) atoms. The quantitative estimate of drug-likeness (QED) is 0.482. The number of benzene rings is 1. The molecule has 2 aromatic heterocycles. The van der Waals surface area contributed by atoms with Crippen molar-refractivity contribution in [1.29, 1.82) is 0 Å². The fraction of sp³-hybridized carbons (Fsp3) is 0.278. The highest BCUT2D eigenvalue weighted by atomic mass is 35.5. The molecule has 2 heterocycles. The number of anilines is 1. The van der Waals surface area contributed by atoms with Gasteiger partial charge in [-0.25, -0.2) is 0 Å². The molecule has 0 radical (unpaired) electrons. The molecule has 1 N–H and O–H groups in total. The van der Waals surface area contributed by atoms with E-state index in [4.69, 9.17) is 11.6 Å². The van der Waals surface area contributed by atoms with Crippen molar-refractivity contribution in [2.45, 2.75) is 26.9 Å². The molecule has 0 spiro atoms. The van der Waals surface area contributed by atoms with Gasteiger partial charge in [-0.1, -0.05) is 30.7 Å². The van der Waals surface area contributed by atoms with Crippen LogP contribution in [-0.4, -0.2) is 30.4 Å². The Morgan fingerprint density at radius 3 is 2.86 bits per heavy atom. The van der Waals surface area contributed by atoms with Crippen molar-refractivity contribution in [3.8, 4) is 0 Å². The number of carbonyl (C=O) groups is 1. The Bertz CT molecular complexity index is 1010. The first-order valence-corrected chi connectivity index (χ1v) is 8.96. The van der Waals surface area contributed by atoms with Gasteiger partial charge in [0, 0.05) is 11.2 Å². The van der Waals surface area contributed by atoms with E-state index in [2.05, 4.69) is 15.5 Å². The van der Waals surface area contributed by atoms with Crippen molar-refractivity contribution in [2.75, 3.05) is 5.32 Å². The van der Waals surface area contributed by atoms with E-state index < -0.39 is 10.8 Å². The molecule has 1 aromatic carbocycles. The molecule has 0 aliphatic carbocycles. The van der Waals surface area contributed by atoms with E-state index in [1.54, 1.807) is 37.0 Å². The zero-order valence-corrected chi connectivity index (χ0v) is 16.1. The van der Waals surface area contributed by atoms with Gasteiger partial charge in [-0.15, -0.1) is 0 Å². The second kappa shape index (κ2) is 8.22. The largest absolute Gasteiger partial charge is 0.390 e. The summed E-state index contributed by atoms with van der Waals surface area (Å²) in [5.74, 6) is -0.887. The van der Waals surface area contributed by atoms with Crippen LogP contribution in [0.15, 0.2) is 42.7 Å². The third kappa shape index (κ3) is 4.74. The van der Waals surface area contributed by atoms with E-state index >= 15 is 0 Å². The fourth-order valence-corrected chi connectivity index (χ4v) is 2.92. The lowest BCUT2D eigenvalue weighted by molar-refractivity contribution is -0.389. The average Bonchev–Trinajstić information content (AvgIpc) is 3.22. The van der Waals surface area contributed by atoms with Crippen molar-refractivity contribution in [3.63, 3.8) is 0 Å². The zero-order valence-electron chi connectivity index (χ0n) is 15.4. The van der Waals surface area contributed by atoms with Gasteiger partial charge in [0.15, 0.2) is 0 Å². The summed E-state index contributed by atoms with van der Waals surface area (Å²) in [5.41, 5.74) is 2.19. The van der Waals surface area contributed by atoms with Crippen LogP contribution in [0.5, 0.6) is 0 Å². The molecule has 0 aliphatic rings. The Morgan fingerprint density at radius 2 is 2.18 bits per heavy atom. The second-order valence-electron chi connectivity index (χ2n) is 6.53. The molecule has 1 amide bonds. The maximum Gasteiger partial charge on any atom is 0.390 e. The highest BCUT2D eigenvalue weighted by molar-refractivity contribution is 6.30. The molecule has 3 rings (SSSR count). The molecule has 0 fully saturated rings. The molecular weight excluding hydrogens is 384 g/mol. The van der Waals surface area contributed by atoms with Crippen LogP contribution < -0.4 is 5.32 Å². The molecule has 0 saturated heterocycles. The lowest BCUT2D eigenvalue weighted by atomic mass is 10.1. The monoisotopic (exact) mass is 402 g/mol. The SMILES string of the molecule is Cc1cc([N+](=O)[O-])nn1CC(C)C(=O)Nc1cnn(Cc2cccc(Cl)c2)c1. The first kappa shape index (κ1) is 19.6. The topological polar surface area (TPSA) is 108 Å². The van der Waals surface area contributed by atoms with Gasteiger partial charge in [0.2, 0.25) is 5.91 Å². The summed E-state index contributed by atoms with van der Waals surface area (Å²) in [4.78, 5) is 22.7. The molecule has 0 saturated carbocycles. The van der Waals surface area contributed by atoms with E-state index in [0.717, 1.165) is 5.56 Å². The van der Waals surface area contributed by atoms with Gasteiger partial charge < -0.3 is 15.4 Å². The third-order valence-electron chi connectivity index (χ3n) is 4.18. The molecule has 9 nitrogen and oxygen atoms in total. The highest BCUT2D eigenvalue weighted by Crippen LogP contribution is 2.16. The van der Waals surface area contributed by atoms with Crippen LogP contribution in [0.1, 0.15) is 18.2 Å². The molecule has 146 valence electrons. The number of nitro groups is 1. The van der Waals surface area contributed by atoms with Crippen molar-refractivity contribution < 1.29 is 9.72 Å². The Balaban J connectivity index is 1.60. The van der Waals surface area contributed by atoms with Crippen LogP contribution in [0.25, 0.3) is 0 Å². The lowest BCUT2D eigenvalue weighted by Gasteiger charge is -2.10. The predicted molar refractivity (Wildman–Crippen MR) is 104 cm³/mol. The molecule has 0 aliphatic heterocycles. The Kier molecular flexibility index (Phi) is 5.74. The standard InChI is InChI=1S/C18H19ClN6O3/c1-12(9-24-13(2)6-17(22-24)25(27)28)18(26)21-16-8-20-23(11-16)10-14-4-3-5-15(19)7-14/h3-8,11-12H,9-10H2,1-2H3,(H,21,26). The van der Waals surface area contributed by atoms with E-state index in [1.807, 2.05) is 18.2 Å². The molecule has 3 aromatic rings. The number of amides is 1. The number of hydrogen-bond acceptors (Lipinski definition) is 5. The number of hydrogen-bond donors (Lipinski definition) is 1. The molecule has 1 unspecified atom stereocenters. The predicted octanol–water partition coefficient (Wildman–Crippen LogP) is 3.27. The van der Waals surface area contributed by atoms with Crippen LogP contribution in [0.3, 0.4) is 0 Å². The zero-order chi connectivity index (χ0) is 20.3. The van der Waals surface area contributed by atoms with Gasteiger partial charge >= 0.3 is 5.82 Å². The summed E-state index contributed by atoms with van der Waals surface area (Å²) in [6.45, 7) is 4.22. The smallest absolute Gasteiger partial charge is 0.358 e. The van der Waals surface area contributed by atoms with E-state index in [1.165, 1.54) is 10.7 Å². The fourth-order valence-electron chi connectivity index (χ4n) is 2.71. The minimum atomic E-state index is -0.553.